The summed E-state index contributed by atoms with van der Waals surface area (Å²) in [5.74, 6) is 0.939. The Morgan fingerprint density at radius 1 is 1.22 bits per heavy atom. The minimum Gasteiger partial charge on any atom is -0.496 e. The second-order valence-corrected chi connectivity index (χ2v) is 7.14. The summed E-state index contributed by atoms with van der Waals surface area (Å²) in [4.78, 5) is 18.2. The number of nitrogens with one attached hydrogen (secondary N) is 1. The molecule has 4 heteroatoms. The highest BCUT2D eigenvalue weighted by atomic mass is 16.5. The lowest BCUT2D eigenvalue weighted by molar-refractivity contribution is 0.0754. The third-order valence-corrected chi connectivity index (χ3v) is 5.71. The van der Waals surface area contributed by atoms with Gasteiger partial charge in [0.05, 0.1) is 7.11 Å². The topological polar surface area (TPSA) is 45.3 Å². The third kappa shape index (κ3) is 2.50. The zero-order valence-corrected chi connectivity index (χ0v) is 13.7. The monoisotopic (exact) mass is 312 g/mol. The van der Waals surface area contributed by atoms with E-state index in [1.54, 1.807) is 7.11 Å². The van der Waals surface area contributed by atoms with Gasteiger partial charge in [0.15, 0.2) is 0 Å². The number of carbonyl (C=O) groups excluding carboxylic acids is 1. The summed E-state index contributed by atoms with van der Waals surface area (Å²) < 4.78 is 5.39. The number of likely N-dealkylation sites (tertiary alicyclic amines) is 1. The molecule has 1 saturated heterocycles. The highest BCUT2D eigenvalue weighted by molar-refractivity contribution is 5.99. The first-order chi connectivity index (χ1) is 11.2. The van der Waals surface area contributed by atoms with Crippen molar-refractivity contribution in [2.45, 2.75) is 38.5 Å². The Morgan fingerprint density at radius 3 is 2.83 bits per heavy atom. The van der Waals surface area contributed by atoms with Crippen LogP contribution in [0.15, 0.2) is 24.3 Å². The van der Waals surface area contributed by atoms with E-state index >= 15 is 0 Å². The van der Waals surface area contributed by atoms with E-state index in [0.717, 1.165) is 29.7 Å². The van der Waals surface area contributed by atoms with Crippen LogP contribution in [0.2, 0.25) is 0 Å². The van der Waals surface area contributed by atoms with E-state index in [-0.39, 0.29) is 5.91 Å². The molecule has 0 unspecified atom stereocenters. The van der Waals surface area contributed by atoms with E-state index in [1.807, 2.05) is 29.2 Å². The van der Waals surface area contributed by atoms with Crippen molar-refractivity contribution < 1.29 is 9.53 Å². The molecular weight excluding hydrogens is 288 g/mol. The van der Waals surface area contributed by atoms with E-state index < -0.39 is 0 Å². The van der Waals surface area contributed by atoms with Gasteiger partial charge in [-0.05, 0) is 42.9 Å². The lowest BCUT2D eigenvalue weighted by Gasteiger charge is -2.33. The Balaban J connectivity index is 1.57. The van der Waals surface area contributed by atoms with Crippen LogP contribution >= 0.6 is 0 Å². The van der Waals surface area contributed by atoms with Crippen molar-refractivity contribution in [2.24, 2.45) is 5.41 Å². The molecule has 1 aliphatic carbocycles. The maximum atomic E-state index is 12.9. The molecule has 1 saturated carbocycles. The first kappa shape index (κ1) is 14.6. The molecule has 2 fully saturated rings. The van der Waals surface area contributed by atoms with Gasteiger partial charge in [0.1, 0.15) is 11.4 Å². The predicted octanol–water partition coefficient (Wildman–Crippen LogP) is 3.97. The Hall–Kier alpha value is -1.97. The number of benzene rings is 1. The second-order valence-electron chi connectivity index (χ2n) is 7.14. The number of nitrogens with zero attached hydrogens (tertiary/aromatic N) is 1. The summed E-state index contributed by atoms with van der Waals surface area (Å²) in [6.45, 7) is 1.82. The fourth-order valence-corrected chi connectivity index (χ4v) is 4.41. The number of aromatic nitrogens is 1. The number of carbonyl (C=O) groups is 1. The number of hydrogen-bond donors (Lipinski definition) is 1. The molecule has 1 N–H and O–H groups in total. The number of rotatable bonds is 2. The molecule has 122 valence electrons. The van der Waals surface area contributed by atoms with Gasteiger partial charge in [0.2, 0.25) is 0 Å². The fourth-order valence-electron chi connectivity index (χ4n) is 4.41. The van der Waals surface area contributed by atoms with Crippen LogP contribution < -0.4 is 4.74 Å². The smallest absolute Gasteiger partial charge is 0.270 e. The van der Waals surface area contributed by atoms with Crippen molar-refractivity contribution in [3.8, 4) is 5.75 Å². The van der Waals surface area contributed by atoms with Gasteiger partial charge < -0.3 is 14.6 Å². The Morgan fingerprint density at radius 2 is 2.04 bits per heavy atom. The second kappa shape index (κ2) is 5.59. The third-order valence-electron chi connectivity index (χ3n) is 5.71. The maximum absolute atomic E-state index is 12.9. The van der Waals surface area contributed by atoms with Crippen LogP contribution in [0.5, 0.6) is 5.75 Å². The van der Waals surface area contributed by atoms with Crippen molar-refractivity contribution in [1.29, 1.82) is 0 Å². The van der Waals surface area contributed by atoms with E-state index in [0.29, 0.717) is 11.1 Å². The molecule has 23 heavy (non-hydrogen) atoms. The molecule has 1 aliphatic heterocycles. The molecule has 2 aliphatic rings. The van der Waals surface area contributed by atoms with Gasteiger partial charge in [-0.2, -0.15) is 0 Å². The highest BCUT2D eigenvalue weighted by Crippen LogP contribution is 2.44. The first-order valence-electron chi connectivity index (χ1n) is 8.66. The molecule has 2 aromatic rings. The lowest BCUT2D eigenvalue weighted by atomic mass is 9.73. The van der Waals surface area contributed by atoms with Crippen molar-refractivity contribution >= 4 is 16.8 Å². The number of ether oxygens (including phenoxy) is 1. The zero-order valence-electron chi connectivity index (χ0n) is 13.7. The van der Waals surface area contributed by atoms with Gasteiger partial charge in [-0.25, -0.2) is 0 Å². The number of H-pyrrole nitrogens is 1. The van der Waals surface area contributed by atoms with Crippen LogP contribution in [0, 0.1) is 5.41 Å². The summed E-state index contributed by atoms with van der Waals surface area (Å²) in [6, 6.07) is 7.79. The number of hydrogen-bond acceptors (Lipinski definition) is 2. The van der Waals surface area contributed by atoms with Crippen LogP contribution in [0.3, 0.4) is 0 Å². The molecule has 0 bridgehead atoms. The number of methoxy groups -OCH3 is 1. The molecule has 0 radical (unpaired) electrons. The molecule has 1 amide bonds. The van der Waals surface area contributed by atoms with Gasteiger partial charge in [0, 0.05) is 24.0 Å². The van der Waals surface area contributed by atoms with Gasteiger partial charge in [-0.1, -0.05) is 25.3 Å². The Labute approximate surface area is 136 Å². The van der Waals surface area contributed by atoms with Crippen LogP contribution in [-0.4, -0.2) is 36.0 Å². The first-order valence-corrected chi connectivity index (χ1v) is 8.66. The summed E-state index contributed by atoms with van der Waals surface area (Å²) >= 11 is 0. The molecule has 1 aromatic carbocycles. The molecule has 4 nitrogen and oxygen atoms in total. The van der Waals surface area contributed by atoms with E-state index in [4.69, 9.17) is 4.74 Å². The summed E-state index contributed by atoms with van der Waals surface area (Å²) in [7, 11) is 1.66. The van der Waals surface area contributed by atoms with E-state index in [2.05, 4.69) is 4.98 Å². The van der Waals surface area contributed by atoms with Crippen LogP contribution in [-0.2, 0) is 0 Å². The Kier molecular flexibility index (Phi) is 3.55. The number of fused-ring (bicyclic) bond motifs is 1. The molecule has 0 atom stereocenters. The van der Waals surface area contributed by atoms with Gasteiger partial charge >= 0.3 is 0 Å². The van der Waals surface area contributed by atoms with Crippen molar-refractivity contribution in [2.75, 3.05) is 20.2 Å². The van der Waals surface area contributed by atoms with Gasteiger partial charge in [-0.15, -0.1) is 0 Å². The SMILES string of the molecule is COc1cccc2[nH]c(C(=O)N3CCC4(CCCCC4)C3)cc12. The van der Waals surface area contributed by atoms with Crippen LogP contribution in [0.4, 0.5) is 0 Å². The van der Waals surface area contributed by atoms with Gasteiger partial charge in [-0.3, -0.25) is 4.79 Å². The summed E-state index contributed by atoms with van der Waals surface area (Å²) in [6.07, 6.45) is 7.76. The maximum Gasteiger partial charge on any atom is 0.270 e. The fraction of sp³-hybridized carbons (Fsp3) is 0.526. The summed E-state index contributed by atoms with van der Waals surface area (Å²) in [5.41, 5.74) is 2.04. The zero-order chi connectivity index (χ0) is 15.9. The van der Waals surface area contributed by atoms with E-state index in [1.165, 1.54) is 38.5 Å². The number of amides is 1. The van der Waals surface area contributed by atoms with Crippen molar-refractivity contribution in [3.63, 3.8) is 0 Å². The predicted molar refractivity (Wildman–Crippen MR) is 90.9 cm³/mol. The molecule has 1 aromatic heterocycles. The van der Waals surface area contributed by atoms with Crippen molar-refractivity contribution in [3.05, 3.63) is 30.0 Å². The standard InChI is InChI=1S/C19H24N2O2/c1-23-17-7-5-6-15-14(17)12-16(20-15)18(22)21-11-10-19(13-21)8-3-2-4-9-19/h5-7,12,20H,2-4,8-11,13H2,1H3. The number of aromatic amines is 1. The van der Waals surface area contributed by atoms with Crippen LogP contribution in [0.25, 0.3) is 10.9 Å². The minimum absolute atomic E-state index is 0.130. The van der Waals surface area contributed by atoms with Crippen molar-refractivity contribution in [1.82, 2.24) is 9.88 Å². The molecular formula is C19H24N2O2. The Bertz CT molecular complexity index is 728. The summed E-state index contributed by atoms with van der Waals surface area (Å²) in [5, 5.41) is 0.977. The highest BCUT2D eigenvalue weighted by Gasteiger charge is 2.40. The molecule has 1 spiro atoms. The average Bonchev–Trinajstić information content (AvgIpc) is 3.19. The molecule has 2 heterocycles. The van der Waals surface area contributed by atoms with Crippen LogP contribution in [0.1, 0.15) is 49.0 Å². The van der Waals surface area contributed by atoms with E-state index in [9.17, 15) is 4.79 Å². The van der Waals surface area contributed by atoms with Gasteiger partial charge in [0.25, 0.3) is 5.91 Å². The quantitative estimate of drug-likeness (QED) is 0.912. The minimum atomic E-state index is 0.130. The largest absolute Gasteiger partial charge is 0.496 e. The molecule has 4 rings (SSSR count). The normalized spacial score (nSPS) is 20.3. The lowest BCUT2D eigenvalue weighted by Crippen LogP contribution is -2.33. The average molecular weight is 312 g/mol.